The van der Waals surface area contributed by atoms with E-state index in [2.05, 4.69) is 10.5 Å². The van der Waals surface area contributed by atoms with E-state index in [0.717, 1.165) is 11.4 Å². The van der Waals surface area contributed by atoms with Crippen molar-refractivity contribution in [2.45, 2.75) is 0 Å². The highest BCUT2D eigenvalue weighted by Crippen LogP contribution is 2.30. The van der Waals surface area contributed by atoms with Crippen molar-refractivity contribution in [2.75, 3.05) is 12.5 Å². The SMILES string of the molecule is COc1ccc(NN=Cc2cc(Cl)cc(Cl)c2O)cc1. The summed E-state index contributed by atoms with van der Waals surface area (Å²) in [6.45, 7) is 0. The molecule has 0 bridgehead atoms. The quantitative estimate of drug-likeness (QED) is 0.658. The Morgan fingerprint density at radius 1 is 1.20 bits per heavy atom. The predicted octanol–water partition coefficient (Wildman–Crippen LogP) is 4.15. The summed E-state index contributed by atoms with van der Waals surface area (Å²) in [6, 6.07) is 10.3. The average molecular weight is 311 g/mol. The number of anilines is 1. The van der Waals surface area contributed by atoms with Crippen LogP contribution in [0.2, 0.25) is 10.0 Å². The van der Waals surface area contributed by atoms with Gasteiger partial charge < -0.3 is 9.84 Å². The Labute approximate surface area is 126 Å². The van der Waals surface area contributed by atoms with Crippen molar-refractivity contribution in [3.05, 3.63) is 52.0 Å². The van der Waals surface area contributed by atoms with Crippen molar-refractivity contribution < 1.29 is 9.84 Å². The van der Waals surface area contributed by atoms with Gasteiger partial charge in [-0.2, -0.15) is 5.10 Å². The van der Waals surface area contributed by atoms with Gasteiger partial charge in [0.05, 0.1) is 24.0 Å². The minimum atomic E-state index is -0.0589. The first-order valence-corrected chi connectivity index (χ1v) is 6.47. The van der Waals surface area contributed by atoms with E-state index in [0.29, 0.717) is 10.6 Å². The molecule has 0 spiro atoms. The lowest BCUT2D eigenvalue weighted by Crippen LogP contribution is -1.92. The maximum absolute atomic E-state index is 9.76. The molecule has 0 aliphatic carbocycles. The number of hydrogen-bond acceptors (Lipinski definition) is 4. The summed E-state index contributed by atoms with van der Waals surface area (Å²) in [5.74, 6) is 0.704. The minimum Gasteiger partial charge on any atom is -0.506 e. The van der Waals surface area contributed by atoms with E-state index in [-0.39, 0.29) is 10.8 Å². The molecular formula is C14H12Cl2N2O2. The second-order valence-electron chi connectivity index (χ2n) is 3.92. The van der Waals surface area contributed by atoms with Crippen LogP contribution in [0.3, 0.4) is 0 Å². The van der Waals surface area contributed by atoms with Gasteiger partial charge in [0.1, 0.15) is 11.5 Å². The number of rotatable bonds is 4. The van der Waals surface area contributed by atoms with Crippen LogP contribution in [-0.2, 0) is 0 Å². The minimum absolute atomic E-state index is 0.0589. The van der Waals surface area contributed by atoms with E-state index in [9.17, 15) is 5.11 Å². The molecule has 0 unspecified atom stereocenters. The fraction of sp³-hybridized carbons (Fsp3) is 0.0714. The second-order valence-corrected chi connectivity index (χ2v) is 4.77. The van der Waals surface area contributed by atoms with Crippen LogP contribution in [0.1, 0.15) is 5.56 Å². The normalized spacial score (nSPS) is 10.8. The molecule has 0 aliphatic heterocycles. The first-order chi connectivity index (χ1) is 9.60. The third kappa shape index (κ3) is 3.56. The van der Waals surface area contributed by atoms with Crippen molar-refractivity contribution in [1.82, 2.24) is 0 Å². The number of phenolic OH excluding ortho intramolecular Hbond substituents is 1. The molecule has 104 valence electrons. The lowest BCUT2D eigenvalue weighted by molar-refractivity contribution is 0.415. The van der Waals surface area contributed by atoms with Crippen LogP contribution in [0, 0.1) is 0 Å². The van der Waals surface area contributed by atoms with Crippen LogP contribution < -0.4 is 10.2 Å². The Morgan fingerprint density at radius 2 is 1.90 bits per heavy atom. The van der Waals surface area contributed by atoms with E-state index in [1.165, 1.54) is 12.3 Å². The summed E-state index contributed by atoms with van der Waals surface area (Å²) in [4.78, 5) is 0. The summed E-state index contributed by atoms with van der Waals surface area (Å²) < 4.78 is 5.06. The highest BCUT2D eigenvalue weighted by atomic mass is 35.5. The Morgan fingerprint density at radius 3 is 2.55 bits per heavy atom. The Balaban J connectivity index is 2.09. The number of benzene rings is 2. The van der Waals surface area contributed by atoms with Crippen molar-refractivity contribution >= 4 is 35.1 Å². The smallest absolute Gasteiger partial charge is 0.143 e. The molecule has 2 N–H and O–H groups in total. The van der Waals surface area contributed by atoms with Crippen molar-refractivity contribution in [3.8, 4) is 11.5 Å². The van der Waals surface area contributed by atoms with Gasteiger partial charge in [-0.25, -0.2) is 0 Å². The topological polar surface area (TPSA) is 53.8 Å². The third-order valence-electron chi connectivity index (χ3n) is 2.54. The molecule has 0 saturated heterocycles. The van der Waals surface area contributed by atoms with Gasteiger partial charge in [-0.15, -0.1) is 0 Å². The summed E-state index contributed by atoms with van der Waals surface area (Å²) in [7, 11) is 1.60. The summed E-state index contributed by atoms with van der Waals surface area (Å²) >= 11 is 11.7. The molecule has 0 heterocycles. The van der Waals surface area contributed by atoms with Gasteiger partial charge in [0.25, 0.3) is 0 Å². The van der Waals surface area contributed by atoms with Crippen LogP contribution >= 0.6 is 23.2 Å². The summed E-state index contributed by atoms with van der Waals surface area (Å²) in [5.41, 5.74) is 4.05. The van der Waals surface area contributed by atoms with E-state index >= 15 is 0 Å². The molecule has 0 saturated carbocycles. The third-order valence-corrected chi connectivity index (χ3v) is 3.05. The molecule has 6 heteroatoms. The van der Waals surface area contributed by atoms with Gasteiger partial charge in [-0.3, -0.25) is 5.43 Å². The molecule has 0 fully saturated rings. The zero-order chi connectivity index (χ0) is 14.5. The van der Waals surface area contributed by atoms with Crippen molar-refractivity contribution in [1.29, 1.82) is 0 Å². The maximum atomic E-state index is 9.76. The number of ether oxygens (including phenoxy) is 1. The molecule has 0 aromatic heterocycles. The van der Waals surface area contributed by atoms with Gasteiger partial charge in [-0.1, -0.05) is 23.2 Å². The number of aromatic hydroxyl groups is 1. The van der Waals surface area contributed by atoms with Gasteiger partial charge in [-0.05, 0) is 36.4 Å². The van der Waals surface area contributed by atoms with Crippen molar-refractivity contribution in [2.24, 2.45) is 5.10 Å². The Kier molecular flexibility index (Phi) is 4.71. The second kappa shape index (κ2) is 6.50. The Hall–Kier alpha value is -1.91. The summed E-state index contributed by atoms with van der Waals surface area (Å²) in [6.07, 6.45) is 1.44. The highest BCUT2D eigenvalue weighted by Gasteiger charge is 2.05. The monoisotopic (exact) mass is 310 g/mol. The lowest BCUT2D eigenvalue weighted by Gasteiger charge is -2.04. The summed E-state index contributed by atoms with van der Waals surface area (Å²) in [5, 5.41) is 14.4. The van der Waals surface area contributed by atoms with Crippen LogP contribution in [0.5, 0.6) is 11.5 Å². The average Bonchev–Trinajstić information content (AvgIpc) is 2.44. The zero-order valence-electron chi connectivity index (χ0n) is 10.6. The number of phenols is 1. The lowest BCUT2D eigenvalue weighted by atomic mass is 10.2. The number of nitrogens with one attached hydrogen (secondary N) is 1. The van der Waals surface area contributed by atoms with E-state index in [4.69, 9.17) is 27.9 Å². The van der Waals surface area contributed by atoms with E-state index in [1.54, 1.807) is 13.2 Å². The molecule has 0 aliphatic rings. The van der Waals surface area contributed by atoms with Crippen LogP contribution in [-0.4, -0.2) is 18.4 Å². The van der Waals surface area contributed by atoms with Crippen LogP contribution in [0.4, 0.5) is 5.69 Å². The largest absolute Gasteiger partial charge is 0.506 e. The highest BCUT2D eigenvalue weighted by molar-refractivity contribution is 6.36. The Bertz CT molecular complexity index is 628. The number of hydrazone groups is 1. The first kappa shape index (κ1) is 14.5. The standard InChI is InChI=1S/C14H12Cl2N2O2/c1-20-12-4-2-11(3-5-12)18-17-8-9-6-10(15)7-13(16)14(9)19/h2-8,18-19H,1H3. The van der Waals surface area contributed by atoms with Gasteiger partial charge in [0, 0.05) is 10.6 Å². The maximum Gasteiger partial charge on any atom is 0.143 e. The number of halogens is 2. The fourth-order valence-corrected chi connectivity index (χ4v) is 2.04. The number of methoxy groups -OCH3 is 1. The van der Waals surface area contributed by atoms with Gasteiger partial charge in [0.2, 0.25) is 0 Å². The van der Waals surface area contributed by atoms with E-state index < -0.39 is 0 Å². The molecule has 2 aromatic rings. The van der Waals surface area contributed by atoms with E-state index in [1.807, 2.05) is 24.3 Å². The first-order valence-electron chi connectivity index (χ1n) is 5.71. The molecule has 4 nitrogen and oxygen atoms in total. The predicted molar refractivity (Wildman–Crippen MR) is 82.3 cm³/mol. The van der Waals surface area contributed by atoms with Crippen LogP contribution in [0.25, 0.3) is 0 Å². The van der Waals surface area contributed by atoms with Crippen molar-refractivity contribution in [3.63, 3.8) is 0 Å². The fourth-order valence-electron chi connectivity index (χ4n) is 1.53. The molecular weight excluding hydrogens is 299 g/mol. The molecule has 20 heavy (non-hydrogen) atoms. The molecule has 2 aromatic carbocycles. The van der Waals surface area contributed by atoms with Gasteiger partial charge in [0.15, 0.2) is 0 Å². The molecule has 0 amide bonds. The number of hydrogen-bond donors (Lipinski definition) is 2. The molecule has 0 radical (unpaired) electrons. The zero-order valence-corrected chi connectivity index (χ0v) is 12.1. The number of nitrogens with zero attached hydrogens (tertiary/aromatic N) is 1. The molecule has 0 atom stereocenters. The van der Waals surface area contributed by atoms with Crippen LogP contribution in [0.15, 0.2) is 41.5 Å². The van der Waals surface area contributed by atoms with Gasteiger partial charge >= 0.3 is 0 Å². The molecule has 2 rings (SSSR count).